The van der Waals surface area contributed by atoms with Crippen molar-refractivity contribution in [2.24, 2.45) is 10.7 Å². The summed E-state index contributed by atoms with van der Waals surface area (Å²) in [5, 5.41) is 0. The standard InChI is InChI=1S/C12H20N2S/c1-4-5-12(13)14-9(2)8-11-7-6-10(3)15-11/h6-7,9H,4-5,8H2,1-3H3,(H2,13,14). The van der Waals surface area contributed by atoms with Gasteiger partial charge in [-0.3, -0.25) is 4.99 Å². The maximum atomic E-state index is 5.80. The minimum atomic E-state index is 0.301. The summed E-state index contributed by atoms with van der Waals surface area (Å²) >= 11 is 1.85. The van der Waals surface area contributed by atoms with Crippen LogP contribution in [0.1, 0.15) is 36.4 Å². The molecule has 1 unspecified atom stereocenters. The van der Waals surface area contributed by atoms with Crippen molar-refractivity contribution in [1.29, 1.82) is 0 Å². The van der Waals surface area contributed by atoms with Crippen LogP contribution in [0.4, 0.5) is 0 Å². The first-order chi connectivity index (χ1) is 7.11. The molecule has 3 heteroatoms. The Morgan fingerprint density at radius 3 is 2.80 bits per heavy atom. The van der Waals surface area contributed by atoms with Crippen LogP contribution in [0, 0.1) is 6.92 Å². The monoisotopic (exact) mass is 224 g/mol. The van der Waals surface area contributed by atoms with Crippen LogP contribution in [0.3, 0.4) is 0 Å². The van der Waals surface area contributed by atoms with Crippen molar-refractivity contribution >= 4 is 17.2 Å². The number of aryl methyl sites for hydroxylation is 1. The topological polar surface area (TPSA) is 38.4 Å². The molecule has 1 aromatic rings. The van der Waals surface area contributed by atoms with Crippen molar-refractivity contribution in [2.75, 3.05) is 0 Å². The summed E-state index contributed by atoms with van der Waals surface area (Å²) in [6, 6.07) is 4.64. The fourth-order valence-electron chi connectivity index (χ4n) is 1.54. The molecule has 0 fully saturated rings. The first-order valence-electron chi connectivity index (χ1n) is 5.49. The molecule has 0 aliphatic carbocycles. The number of nitrogens with zero attached hydrogens (tertiary/aromatic N) is 1. The maximum absolute atomic E-state index is 5.80. The molecule has 0 aromatic carbocycles. The van der Waals surface area contributed by atoms with Crippen LogP contribution < -0.4 is 5.73 Å². The first-order valence-corrected chi connectivity index (χ1v) is 6.31. The normalized spacial score (nSPS) is 14.2. The van der Waals surface area contributed by atoms with Gasteiger partial charge in [0, 0.05) is 22.6 Å². The van der Waals surface area contributed by atoms with Gasteiger partial charge >= 0.3 is 0 Å². The Morgan fingerprint density at radius 2 is 2.27 bits per heavy atom. The van der Waals surface area contributed by atoms with Crippen molar-refractivity contribution in [3.05, 3.63) is 21.9 Å². The highest BCUT2D eigenvalue weighted by Gasteiger charge is 2.04. The number of nitrogens with two attached hydrogens (primary N) is 1. The van der Waals surface area contributed by atoms with Gasteiger partial charge in [0.25, 0.3) is 0 Å². The van der Waals surface area contributed by atoms with Gasteiger partial charge in [0.15, 0.2) is 0 Å². The lowest BCUT2D eigenvalue weighted by atomic mass is 10.2. The smallest absolute Gasteiger partial charge is 0.0940 e. The van der Waals surface area contributed by atoms with E-state index in [0.29, 0.717) is 6.04 Å². The van der Waals surface area contributed by atoms with Gasteiger partial charge in [0.05, 0.1) is 11.9 Å². The molecule has 0 saturated heterocycles. The highest BCUT2D eigenvalue weighted by atomic mass is 32.1. The molecular weight excluding hydrogens is 204 g/mol. The Kier molecular flexibility index (Phi) is 4.82. The quantitative estimate of drug-likeness (QED) is 0.605. The first kappa shape index (κ1) is 12.2. The Labute approximate surface area is 96.2 Å². The second kappa shape index (κ2) is 5.91. The Bertz CT molecular complexity index is 328. The maximum Gasteiger partial charge on any atom is 0.0940 e. The lowest BCUT2D eigenvalue weighted by Crippen LogP contribution is -2.15. The van der Waals surface area contributed by atoms with Crippen LogP contribution in [-0.4, -0.2) is 11.9 Å². The van der Waals surface area contributed by atoms with Gasteiger partial charge in [0.2, 0.25) is 0 Å². The van der Waals surface area contributed by atoms with Crippen LogP contribution >= 0.6 is 11.3 Å². The van der Waals surface area contributed by atoms with E-state index in [-0.39, 0.29) is 0 Å². The summed E-state index contributed by atoms with van der Waals surface area (Å²) in [6.45, 7) is 6.38. The molecule has 1 heterocycles. The number of amidine groups is 1. The van der Waals surface area contributed by atoms with Gasteiger partial charge in [-0.05, 0) is 32.4 Å². The molecule has 15 heavy (non-hydrogen) atoms. The zero-order valence-electron chi connectivity index (χ0n) is 9.79. The highest BCUT2D eigenvalue weighted by molar-refractivity contribution is 7.11. The summed E-state index contributed by atoms with van der Waals surface area (Å²) < 4.78 is 0. The molecule has 0 saturated carbocycles. The van der Waals surface area contributed by atoms with Gasteiger partial charge < -0.3 is 5.73 Å². The summed E-state index contributed by atoms with van der Waals surface area (Å²) in [6.07, 6.45) is 2.98. The molecule has 0 aliphatic heterocycles. The van der Waals surface area contributed by atoms with E-state index in [1.165, 1.54) is 9.75 Å². The second-order valence-corrected chi connectivity index (χ2v) is 5.31. The van der Waals surface area contributed by atoms with Crippen molar-refractivity contribution < 1.29 is 0 Å². The number of hydrogen-bond acceptors (Lipinski definition) is 2. The summed E-state index contributed by atoms with van der Waals surface area (Å²) in [5.74, 6) is 0.790. The lowest BCUT2D eigenvalue weighted by molar-refractivity contribution is 0.741. The third kappa shape index (κ3) is 4.47. The number of hydrogen-bond donors (Lipinski definition) is 1. The van der Waals surface area contributed by atoms with Gasteiger partial charge in [-0.2, -0.15) is 0 Å². The van der Waals surface area contributed by atoms with E-state index in [0.717, 1.165) is 25.1 Å². The summed E-state index contributed by atoms with van der Waals surface area (Å²) in [5.41, 5.74) is 5.80. The molecule has 1 rings (SSSR count). The van der Waals surface area contributed by atoms with E-state index in [4.69, 9.17) is 5.73 Å². The van der Waals surface area contributed by atoms with E-state index in [9.17, 15) is 0 Å². The molecule has 0 bridgehead atoms. The van der Waals surface area contributed by atoms with Crippen LogP contribution in [-0.2, 0) is 6.42 Å². The van der Waals surface area contributed by atoms with E-state index < -0.39 is 0 Å². The van der Waals surface area contributed by atoms with Crippen molar-refractivity contribution in [2.45, 2.75) is 46.1 Å². The predicted molar refractivity (Wildman–Crippen MR) is 68.8 cm³/mol. The minimum Gasteiger partial charge on any atom is -0.387 e. The van der Waals surface area contributed by atoms with E-state index in [1.807, 2.05) is 11.3 Å². The summed E-state index contributed by atoms with van der Waals surface area (Å²) in [7, 11) is 0. The van der Waals surface area contributed by atoms with Crippen molar-refractivity contribution in [1.82, 2.24) is 0 Å². The van der Waals surface area contributed by atoms with Crippen molar-refractivity contribution in [3.8, 4) is 0 Å². The van der Waals surface area contributed by atoms with E-state index in [2.05, 4.69) is 37.9 Å². The Hall–Kier alpha value is -0.830. The average Bonchev–Trinajstić information content (AvgIpc) is 2.51. The fourth-order valence-corrected chi connectivity index (χ4v) is 2.55. The molecule has 2 nitrogen and oxygen atoms in total. The highest BCUT2D eigenvalue weighted by Crippen LogP contribution is 2.17. The molecular formula is C12H20N2S. The molecule has 0 amide bonds. The molecule has 0 aliphatic rings. The SMILES string of the molecule is CCCC(N)=NC(C)Cc1ccc(C)s1. The van der Waals surface area contributed by atoms with E-state index >= 15 is 0 Å². The lowest BCUT2D eigenvalue weighted by Gasteiger charge is -2.06. The van der Waals surface area contributed by atoms with Crippen LogP contribution in [0.15, 0.2) is 17.1 Å². The van der Waals surface area contributed by atoms with Gasteiger partial charge in [-0.15, -0.1) is 11.3 Å². The predicted octanol–water partition coefficient (Wildman–Crippen LogP) is 3.14. The largest absolute Gasteiger partial charge is 0.387 e. The van der Waals surface area contributed by atoms with Crippen molar-refractivity contribution in [3.63, 3.8) is 0 Å². The van der Waals surface area contributed by atoms with Crippen LogP contribution in [0.2, 0.25) is 0 Å². The van der Waals surface area contributed by atoms with Gasteiger partial charge in [-0.1, -0.05) is 6.92 Å². The zero-order chi connectivity index (χ0) is 11.3. The zero-order valence-corrected chi connectivity index (χ0v) is 10.6. The molecule has 1 aromatic heterocycles. The number of thiophene rings is 1. The minimum absolute atomic E-state index is 0.301. The number of aliphatic imine (C=N–C) groups is 1. The fraction of sp³-hybridized carbons (Fsp3) is 0.583. The Balaban J connectivity index is 2.48. The van der Waals surface area contributed by atoms with E-state index in [1.54, 1.807) is 0 Å². The molecule has 2 N–H and O–H groups in total. The third-order valence-corrected chi connectivity index (χ3v) is 3.21. The molecule has 1 atom stereocenters. The van der Waals surface area contributed by atoms with Crippen LogP contribution in [0.5, 0.6) is 0 Å². The van der Waals surface area contributed by atoms with Gasteiger partial charge in [-0.25, -0.2) is 0 Å². The molecule has 0 spiro atoms. The number of rotatable bonds is 5. The molecule has 0 radical (unpaired) electrons. The summed E-state index contributed by atoms with van der Waals surface area (Å²) in [4.78, 5) is 7.23. The van der Waals surface area contributed by atoms with Crippen LogP contribution in [0.25, 0.3) is 0 Å². The van der Waals surface area contributed by atoms with Gasteiger partial charge in [0.1, 0.15) is 0 Å². The third-order valence-electron chi connectivity index (χ3n) is 2.18. The Morgan fingerprint density at radius 1 is 1.53 bits per heavy atom. The molecule has 84 valence electrons. The average molecular weight is 224 g/mol. The second-order valence-electron chi connectivity index (χ2n) is 3.94.